The van der Waals surface area contributed by atoms with E-state index in [-0.39, 0.29) is 107 Å². The van der Waals surface area contributed by atoms with Crippen molar-refractivity contribution in [3.8, 4) is 0 Å². The SMILES string of the molecule is [2H]c1cc(F)c(Br)c([2H])c1N=C(NO)c1nonc1NC([2H])([2H])C([2H])([2H])NS(N)(=O)=O.[2H]c1cc(F)c(Br)c([2H])c1N=C(NO)c1nonc1NC([2H])([2H])CNS(N)(=O)=O.[2H]c1cc(F)c(Br)c([2H])c1N=C(NO)c1nonc1NCC([2H])([2H])NS(N)(=O)=O.[2H]c1cc(N=C(NO)c2nonc2NC([2H])([2H])C([2H])([2H])NS(N)(=O)=O)cc(Br)c1F.[2H]c1cc(N=C(NO)c2nonc2NC([2H])([2H])CNS(N)(=O)=O)cc(Br)c1F.[2H]c1cc(N=C(NO)c2nonc2NCC([2H])([2H])NS(N)(=O)=O)cc(Br)c1F. The Kier molecular flexibility index (Phi) is 36.2. The molecule has 816 valence electrons. The molecule has 0 spiro atoms. The first kappa shape index (κ1) is 90.0. The summed E-state index contributed by atoms with van der Waals surface area (Å²) in [4.78, 5) is 23.2. The molecule has 0 unspecified atom stereocenters. The molecule has 0 radical (unpaired) electrons. The number of benzene rings is 6. The number of nitrogens with zero attached hydrogens (tertiary/aromatic N) is 18. The van der Waals surface area contributed by atoms with Crippen LogP contribution in [0.2, 0.25) is 0 Å². The number of amidine groups is 6. The topological polar surface area (TPSA) is 1010 Å². The molecule has 0 atom stereocenters. The third kappa shape index (κ3) is 44.8. The highest BCUT2D eigenvalue weighted by Gasteiger charge is 2.25. The van der Waals surface area contributed by atoms with E-state index in [9.17, 15) is 108 Å². The van der Waals surface area contributed by atoms with Gasteiger partial charge in [-0.2, -0.15) is 50.5 Å². The average Bonchev–Trinajstić information content (AvgIpc) is 1.70. The minimum atomic E-state index is -4.65. The predicted octanol–water partition coefficient (Wildman–Crippen LogP) is 1.40. The molecule has 66 nitrogen and oxygen atoms in total. The van der Waals surface area contributed by atoms with E-state index in [4.69, 9.17) is 54.8 Å². The van der Waals surface area contributed by atoms with Gasteiger partial charge >= 0.3 is 0 Å². The molecule has 0 aliphatic rings. The van der Waals surface area contributed by atoms with E-state index in [1.165, 1.54) is 27.6 Å². The van der Waals surface area contributed by atoms with E-state index in [1.807, 2.05) is 10.6 Å². The highest BCUT2D eigenvalue weighted by Crippen LogP contribution is 2.31. The molecule has 0 saturated heterocycles. The van der Waals surface area contributed by atoms with Gasteiger partial charge in [-0.1, -0.05) is 0 Å². The fourth-order valence-electron chi connectivity index (χ4n) is 8.45. The molecule has 150 heavy (non-hydrogen) atoms. The molecule has 12 rings (SSSR count). The normalized spacial score (nSPS) is 15.4. The van der Waals surface area contributed by atoms with Crippen molar-refractivity contribution >= 4 is 261 Å². The summed E-state index contributed by atoms with van der Waals surface area (Å²) in [6.45, 7) is -25.6. The summed E-state index contributed by atoms with van der Waals surface area (Å²) < 4.78 is 440. The minimum absolute atomic E-state index is 0.0325. The Morgan fingerprint density at radius 1 is 0.273 bits per heavy atom. The standard InChI is InChI=1S/6C11H13BrFN7O4S/c6*12-7-5-6(1-2-8(7)13)17-11(18-21)9-10(20-24-19-9)15-3-4-16-25(14,22)23/h6*1-2,5,16,21H,3-4H2,(H,15,20)(H,17,18)(H2,14,22,23)/i1D,3D2,4D2,5D;2D,3D2,4D2;1D,4D2,5D;1D,3D2,5D;2D,4D2;2D,3D2. The number of anilines is 6. The van der Waals surface area contributed by atoms with Crippen LogP contribution in [0, 0.1) is 34.9 Å². The number of halogens is 12. The van der Waals surface area contributed by atoms with Gasteiger partial charge in [-0.25, -0.2) is 143 Å². The summed E-state index contributed by atoms with van der Waals surface area (Å²) in [7, 11) is -26.2. The highest BCUT2D eigenvalue weighted by atomic mass is 79.9. The summed E-state index contributed by atoms with van der Waals surface area (Å²) in [6, 6.07) is 4.61. The monoisotopic (exact) mass is 2650 g/mol. The van der Waals surface area contributed by atoms with Crippen molar-refractivity contribution < 1.29 is 170 Å². The van der Waals surface area contributed by atoms with Crippen LogP contribution >= 0.6 is 95.6 Å². The van der Waals surface area contributed by atoms with Gasteiger partial charge in [0.25, 0.3) is 61.3 Å². The number of rotatable bonds is 42. The minimum Gasteiger partial charge on any atom is -0.364 e. The first-order valence-corrected chi connectivity index (χ1v) is 50.9. The van der Waals surface area contributed by atoms with Crippen LogP contribution in [0.25, 0.3) is 0 Å². The molecular weight excluding hydrogens is 2550 g/mol. The molecule has 6 heterocycles. The fourth-order valence-corrected chi connectivity index (χ4v) is 11.9. The molecule has 0 fully saturated rings. The molecule has 36 N–H and O–H groups in total. The average molecular weight is 2650 g/mol. The van der Waals surface area contributed by atoms with E-state index in [0.29, 0.717) is 0 Å². The summed E-state index contributed by atoms with van der Waals surface area (Å²) >= 11 is 17.2. The third-order valence-electron chi connectivity index (χ3n) is 14.2. The van der Waals surface area contributed by atoms with Gasteiger partial charge in [0, 0.05) is 89.1 Å². The molecule has 0 saturated carbocycles. The Balaban J connectivity index is 0.000000281. The van der Waals surface area contributed by atoms with Crippen LogP contribution in [-0.2, 0) is 61.3 Å². The summed E-state index contributed by atoms with van der Waals surface area (Å²) in [6.07, 6.45) is 0. The summed E-state index contributed by atoms with van der Waals surface area (Å²) in [5, 5.41) is 138. The maximum atomic E-state index is 13.6. The van der Waals surface area contributed by atoms with E-state index in [1.54, 1.807) is 51.8 Å². The molecular formula is C66H78Br6F6N42O24S6. The molecule has 0 bridgehead atoms. The van der Waals surface area contributed by atoms with Crippen LogP contribution in [-0.4, -0.2) is 257 Å². The second-order valence-electron chi connectivity index (χ2n) is 24.8. The van der Waals surface area contributed by atoms with Crippen LogP contribution in [0.5, 0.6) is 0 Å². The van der Waals surface area contributed by atoms with Crippen molar-refractivity contribution in [2.45, 2.75) is 0 Å². The van der Waals surface area contributed by atoms with Gasteiger partial charge in [-0.05, 0) is 266 Å². The second-order valence-corrected chi connectivity index (χ2v) is 37.6. The number of nitrogens with two attached hydrogens (primary N) is 6. The molecule has 6 aromatic carbocycles. The van der Waals surface area contributed by atoms with Crippen molar-refractivity contribution in [2.75, 3.05) is 110 Å². The van der Waals surface area contributed by atoms with E-state index in [2.05, 4.69) is 247 Å². The zero-order valence-corrected chi connectivity index (χ0v) is 86.5. The number of hydroxylamine groups is 6. The smallest absolute Gasteiger partial charge is 0.274 e. The molecule has 84 heteroatoms. The highest BCUT2D eigenvalue weighted by molar-refractivity contribution is 9.11. The number of aromatic nitrogens is 12. The van der Waals surface area contributed by atoms with E-state index in [0.717, 1.165) is 36.4 Å². The lowest BCUT2D eigenvalue weighted by Crippen LogP contribution is -2.34. The maximum absolute atomic E-state index is 13.6. The lowest BCUT2D eigenvalue weighted by molar-refractivity contribution is 0.233. The maximum Gasteiger partial charge on any atom is 0.274 e. The Morgan fingerprint density at radius 3 is 0.693 bits per heavy atom. The number of nitrogens with one attached hydrogen (secondary N) is 18. The Bertz CT molecular complexity index is 8830. The van der Waals surface area contributed by atoms with Crippen molar-refractivity contribution in [3.63, 3.8) is 0 Å². The van der Waals surface area contributed by atoms with Gasteiger partial charge in [0.2, 0.25) is 34.9 Å². The zero-order chi connectivity index (χ0) is 133. The van der Waals surface area contributed by atoms with E-state index < -0.39 is 287 Å². The van der Waals surface area contributed by atoms with Gasteiger partial charge in [0.05, 0.1) is 84.3 Å². The molecule has 0 aliphatic carbocycles. The molecule has 12 aromatic rings. The largest absolute Gasteiger partial charge is 0.364 e. The van der Waals surface area contributed by atoms with Gasteiger partial charge in [0.1, 0.15) is 34.9 Å². The predicted molar refractivity (Wildman–Crippen MR) is 535 cm³/mol. The van der Waals surface area contributed by atoms with Gasteiger partial charge in [0.15, 0.2) is 69.2 Å². The van der Waals surface area contributed by atoms with Crippen LogP contribution < -0.4 is 124 Å². The van der Waals surface area contributed by atoms with Gasteiger partial charge in [-0.15, -0.1) is 0 Å². The van der Waals surface area contributed by atoms with Crippen molar-refractivity contribution in [3.05, 3.63) is 205 Å². The lowest BCUT2D eigenvalue weighted by atomic mass is 10.3. The third-order valence-corrected chi connectivity index (χ3v) is 20.4. The van der Waals surface area contributed by atoms with Crippen molar-refractivity contribution in [1.82, 2.24) is 123 Å². The molecule has 0 amide bonds. The fraction of sp³-hybridized carbons (Fsp3) is 0.182. The first-order chi connectivity index (χ1) is 80.3. The zero-order valence-electron chi connectivity index (χ0n) is 97.1. The number of hydrogen-bond donors (Lipinski definition) is 30. The van der Waals surface area contributed by atoms with Crippen LogP contribution in [0.3, 0.4) is 0 Å². The number of aliphatic imine (C=N–C) groups is 6. The van der Waals surface area contributed by atoms with Gasteiger partial charge < -0.3 is 31.9 Å². The lowest BCUT2D eigenvalue weighted by Gasteiger charge is -2.06. The Morgan fingerprint density at radius 2 is 0.480 bits per heavy atom. The molecule has 0 aliphatic heterocycles. The molecule has 6 aromatic heterocycles. The van der Waals surface area contributed by atoms with Crippen LogP contribution in [0.4, 0.5) is 95.4 Å². The first-order valence-electron chi connectivity index (χ1n) is 49.3. The quantitative estimate of drug-likeness (QED) is 0.0111. The Hall–Kier alpha value is -12.8. The second kappa shape index (κ2) is 60.3. The summed E-state index contributed by atoms with van der Waals surface area (Å²) in [5.41, 5.74) is 6.70. The van der Waals surface area contributed by atoms with E-state index >= 15 is 0 Å². The Labute approximate surface area is 924 Å². The van der Waals surface area contributed by atoms with Gasteiger partial charge in [-0.3, -0.25) is 64.1 Å². The summed E-state index contributed by atoms with van der Waals surface area (Å²) in [5.74, 6) is -10.4. The van der Waals surface area contributed by atoms with Crippen molar-refractivity contribution in [2.24, 2.45) is 60.8 Å². The van der Waals surface area contributed by atoms with Crippen LogP contribution in [0.1, 0.15) is 68.4 Å². The number of hydrogen-bond acceptors (Lipinski definition) is 48. The van der Waals surface area contributed by atoms with Crippen molar-refractivity contribution in [1.29, 1.82) is 0 Å². The van der Waals surface area contributed by atoms with Crippen LogP contribution in [0.15, 0.2) is 194 Å².